The summed E-state index contributed by atoms with van der Waals surface area (Å²) in [6.07, 6.45) is 0.817. The third kappa shape index (κ3) is 3.67. The summed E-state index contributed by atoms with van der Waals surface area (Å²) in [5, 5.41) is 1.32. The van der Waals surface area contributed by atoms with Crippen molar-refractivity contribution in [2.45, 2.75) is 40.2 Å². The number of aromatic nitrogens is 2. The molecule has 0 saturated heterocycles. The fourth-order valence-electron chi connectivity index (χ4n) is 2.83. The molecule has 4 nitrogen and oxygen atoms in total. The third-order valence-electron chi connectivity index (χ3n) is 4.31. The lowest BCUT2D eigenvalue weighted by Gasteiger charge is -2.12. The number of Topliss-reactive ketones (excluding diaryl/α,β-unsaturated/α-hetero) is 1. The topological polar surface area (TPSA) is 52.0 Å². The average molecular weight is 375 g/mol. The lowest BCUT2D eigenvalue weighted by Crippen LogP contribution is -2.26. The van der Waals surface area contributed by atoms with E-state index >= 15 is 0 Å². The highest BCUT2D eigenvalue weighted by atomic mass is 35.5. The average Bonchev–Trinajstić information content (AvgIpc) is 2.81. The second-order valence-electron chi connectivity index (χ2n) is 6.21. The van der Waals surface area contributed by atoms with Crippen LogP contribution in [0.1, 0.15) is 35.2 Å². The molecular formula is C19H19ClN2O2S. The highest BCUT2D eigenvalue weighted by molar-refractivity contribution is 7.18. The molecule has 0 unspecified atom stereocenters. The lowest BCUT2D eigenvalue weighted by molar-refractivity contribution is -0.117. The number of benzene rings is 1. The van der Waals surface area contributed by atoms with Crippen LogP contribution in [0.25, 0.3) is 10.2 Å². The van der Waals surface area contributed by atoms with Gasteiger partial charge < -0.3 is 0 Å². The minimum absolute atomic E-state index is 0.0546. The van der Waals surface area contributed by atoms with Gasteiger partial charge in [0.1, 0.15) is 16.4 Å². The van der Waals surface area contributed by atoms with Gasteiger partial charge in [0.2, 0.25) is 0 Å². The van der Waals surface area contributed by atoms with Crippen molar-refractivity contribution in [1.82, 2.24) is 9.55 Å². The van der Waals surface area contributed by atoms with E-state index in [2.05, 4.69) is 0 Å². The van der Waals surface area contributed by atoms with Gasteiger partial charge in [0.05, 0.1) is 5.39 Å². The molecule has 0 radical (unpaired) electrons. The zero-order valence-electron chi connectivity index (χ0n) is 14.4. The molecule has 2 heterocycles. The Labute approximate surface area is 155 Å². The van der Waals surface area contributed by atoms with Gasteiger partial charge in [0.15, 0.2) is 0 Å². The van der Waals surface area contributed by atoms with E-state index < -0.39 is 0 Å². The Morgan fingerprint density at radius 3 is 2.76 bits per heavy atom. The summed E-state index contributed by atoms with van der Waals surface area (Å²) in [5.41, 5.74) is 1.90. The molecule has 0 aliphatic heterocycles. The zero-order chi connectivity index (χ0) is 18.1. The number of aryl methyl sites for hydroxylation is 2. The van der Waals surface area contributed by atoms with Crippen LogP contribution in [-0.4, -0.2) is 15.3 Å². The van der Waals surface area contributed by atoms with Crippen molar-refractivity contribution in [1.29, 1.82) is 0 Å². The predicted molar refractivity (Wildman–Crippen MR) is 103 cm³/mol. The van der Waals surface area contributed by atoms with E-state index in [1.54, 1.807) is 4.57 Å². The van der Waals surface area contributed by atoms with Crippen molar-refractivity contribution in [3.05, 3.63) is 61.5 Å². The quantitative estimate of drug-likeness (QED) is 0.669. The van der Waals surface area contributed by atoms with Crippen molar-refractivity contribution < 1.29 is 4.79 Å². The van der Waals surface area contributed by atoms with Gasteiger partial charge in [-0.3, -0.25) is 14.2 Å². The number of fused-ring (bicyclic) bond motifs is 1. The second kappa shape index (κ2) is 7.10. The Morgan fingerprint density at radius 2 is 2.08 bits per heavy atom. The molecule has 0 spiro atoms. The summed E-state index contributed by atoms with van der Waals surface area (Å²) in [6.45, 7) is 5.83. The van der Waals surface area contributed by atoms with Crippen molar-refractivity contribution in [3.63, 3.8) is 0 Å². The van der Waals surface area contributed by atoms with Crippen molar-refractivity contribution in [2.75, 3.05) is 0 Å². The summed E-state index contributed by atoms with van der Waals surface area (Å²) >= 11 is 7.61. The number of rotatable bonds is 5. The van der Waals surface area contributed by atoms with Crippen molar-refractivity contribution in [2.24, 2.45) is 0 Å². The molecule has 0 atom stereocenters. The van der Waals surface area contributed by atoms with Gasteiger partial charge in [-0.1, -0.05) is 23.7 Å². The van der Waals surface area contributed by atoms with Crippen LogP contribution in [0.3, 0.4) is 0 Å². The summed E-state index contributed by atoms with van der Waals surface area (Å²) < 4.78 is 1.64. The van der Waals surface area contributed by atoms with Gasteiger partial charge in [0.25, 0.3) is 5.56 Å². The Morgan fingerprint density at radius 1 is 1.32 bits per heavy atom. The zero-order valence-corrected chi connectivity index (χ0v) is 16.0. The van der Waals surface area contributed by atoms with E-state index in [0.29, 0.717) is 35.6 Å². The van der Waals surface area contributed by atoms with E-state index in [-0.39, 0.29) is 11.3 Å². The van der Waals surface area contributed by atoms with Crippen LogP contribution in [0.2, 0.25) is 5.02 Å². The molecule has 0 saturated carbocycles. The fraction of sp³-hybridized carbons (Fsp3) is 0.316. The number of carbonyl (C=O) groups is 1. The Balaban J connectivity index is 2.15. The summed E-state index contributed by atoms with van der Waals surface area (Å²) in [5.74, 6) is 0.723. The molecule has 0 amide bonds. The molecule has 0 aliphatic rings. The Bertz CT molecular complexity index is 1020. The highest BCUT2D eigenvalue weighted by Crippen LogP contribution is 2.27. The van der Waals surface area contributed by atoms with Crippen molar-refractivity contribution in [3.8, 4) is 0 Å². The number of thiophene rings is 1. The predicted octanol–water partition coefficient (Wildman–Crippen LogP) is 4.30. The maximum atomic E-state index is 13.0. The Kier molecular flexibility index (Phi) is 5.06. The van der Waals surface area contributed by atoms with Gasteiger partial charge in [0, 0.05) is 29.3 Å². The van der Waals surface area contributed by atoms with Crippen LogP contribution in [-0.2, 0) is 17.8 Å². The number of hydrogen-bond donors (Lipinski definition) is 0. The van der Waals surface area contributed by atoms with Gasteiger partial charge in [-0.15, -0.1) is 11.3 Å². The molecule has 3 rings (SSSR count). The highest BCUT2D eigenvalue weighted by Gasteiger charge is 2.17. The maximum absolute atomic E-state index is 13.0. The molecule has 0 bridgehead atoms. The van der Waals surface area contributed by atoms with E-state index in [1.807, 2.05) is 38.1 Å². The Hall–Kier alpha value is -1.98. The van der Waals surface area contributed by atoms with E-state index in [0.717, 1.165) is 20.8 Å². The number of carbonyl (C=O) groups excluding carboxylic acids is 1. The number of nitrogens with zero attached hydrogens (tertiary/aromatic N) is 2. The first-order valence-electron chi connectivity index (χ1n) is 8.10. The summed E-state index contributed by atoms with van der Waals surface area (Å²) in [6, 6.07) is 7.53. The molecular weight excluding hydrogens is 356 g/mol. The van der Waals surface area contributed by atoms with E-state index in [4.69, 9.17) is 16.6 Å². The normalized spacial score (nSPS) is 11.2. The van der Waals surface area contributed by atoms with E-state index in [9.17, 15) is 9.59 Å². The molecule has 130 valence electrons. The molecule has 0 aliphatic carbocycles. The lowest BCUT2D eigenvalue weighted by atomic mass is 10.1. The third-order valence-corrected chi connectivity index (χ3v) is 5.64. The molecule has 3 aromatic rings. The van der Waals surface area contributed by atoms with Crippen LogP contribution in [0, 0.1) is 13.8 Å². The number of hydrogen-bond acceptors (Lipinski definition) is 4. The summed E-state index contributed by atoms with van der Waals surface area (Å²) in [7, 11) is 0. The smallest absolute Gasteiger partial charge is 0.262 e. The van der Waals surface area contributed by atoms with Gasteiger partial charge in [-0.2, -0.15) is 0 Å². The largest absolute Gasteiger partial charge is 0.300 e. The minimum atomic E-state index is -0.0647. The fourth-order valence-corrected chi connectivity index (χ4v) is 4.09. The molecule has 6 heteroatoms. The molecule has 0 fully saturated rings. The number of halogens is 1. The molecule has 1 aromatic carbocycles. The minimum Gasteiger partial charge on any atom is -0.300 e. The van der Waals surface area contributed by atoms with Crippen LogP contribution >= 0.6 is 22.9 Å². The first-order valence-corrected chi connectivity index (χ1v) is 9.29. The maximum Gasteiger partial charge on any atom is 0.262 e. The first-order chi connectivity index (χ1) is 11.9. The SMILES string of the molecule is CC(=O)CCn1c(Cc2cccc(Cl)c2)nc2sc(C)c(C)c2c1=O. The van der Waals surface area contributed by atoms with E-state index in [1.165, 1.54) is 18.3 Å². The monoisotopic (exact) mass is 374 g/mol. The van der Waals surface area contributed by atoms with Crippen LogP contribution < -0.4 is 5.56 Å². The number of ketones is 1. The second-order valence-corrected chi connectivity index (χ2v) is 7.85. The van der Waals surface area contributed by atoms with Gasteiger partial charge >= 0.3 is 0 Å². The van der Waals surface area contributed by atoms with Crippen LogP contribution in [0.5, 0.6) is 0 Å². The van der Waals surface area contributed by atoms with Gasteiger partial charge in [-0.25, -0.2) is 4.98 Å². The van der Waals surface area contributed by atoms with Crippen molar-refractivity contribution >= 4 is 38.9 Å². The van der Waals surface area contributed by atoms with Gasteiger partial charge in [-0.05, 0) is 44.0 Å². The molecule has 2 aromatic heterocycles. The molecule has 0 N–H and O–H groups in total. The van der Waals surface area contributed by atoms with Crippen LogP contribution in [0.15, 0.2) is 29.1 Å². The molecule has 25 heavy (non-hydrogen) atoms. The standard InChI is InChI=1S/C19H19ClN2O2S/c1-11(23)7-8-22-16(10-14-5-4-6-15(20)9-14)21-18-17(19(22)24)12(2)13(3)25-18/h4-6,9H,7-8,10H2,1-3H3. The first kappa shape index (κ1) is 17.8. The van der Waals surface area contributed by atoms with Crippen LogP contribution in [0.4, 0.5) is 0 Å². The summed E-state index contributed by atoms with van der Waals surface area (Å²) in [4.78, 5) is 31.1.